The van der Waals surface area contributed by atoms with Gasteiger partial charge in [-0.2, -0.15) is 0 Å². The lowest BCUT2D eigenvalue weighted by molar-refractivity contribution is -0.385. The molecule has 7 heteroatoms. The van der Waals surface area contributed by atoms with Gasteiger partial charge >= 0.3 is 5.97 Å². The maximum Gasteiger partial charge on any atom is 0.311 e. The van der Waals surface area contributed by atoms with Crippen molar-refractivity contribution in [3.63, 3.8) is 0 Å². The van der Waals surface area contributed by atoms with Crippen molar-refractivity contribution < 1.29 is 14.8 Å². The molecule has 7 nitrogen and oxygen atoms in total. The zero-order chi connectivity index (χ0) is 15.6. The molecule has 0 amide bonds. The fourth-order valence-corrected chi connectivity index (χ4v) is 2.94. The van der Waals surface area contributed by atoms with Crippen molar-refractivity contribution >= 4 is 17.5 Å². The molecule has 1 fully saturated rings. The van der Waals surface area contributed by atoms with Gasteiger partial charge in [0.1, 0.15) is 11.5 Å². The Hall–Kier alpha value is -2.18. The average molecular weight is 293 g/mol. The van der Waals surface area contributed by atoms with Crippen molar-refractivity contribution in [1.82, 2.24) is 4.98 Å². The standard InChI is InChI=1S/C14H19N3O4/c1-3-6-14(13(18)19)7-8-16(9-14)12-5-4-11(17(20)21)10(2)15-12/h4-5H,3,6-9H2,1-2H3,(H,18,19). The van der Waals surface area contributed by atoms with Crippen molar-refractivity contribution in [2.75, 3.05) is 18.0 Å². The fraction of sp³-hybridized carbons (Fsp3) is 0.571. The van der Waals surface area contributed by atoms with E-state index in [2.05, 4.69) is 4.98 Å². The first-order chi connectivity index (χ1) is 9.89. The molecule has 1 aromatic rings. The molecule has 0 radical (unpaired) electrons. The lowest BCUT2D eigenvalue weighted by atomic mass is 9.83. The minimum atomic E-state index is -0.773. The second kappa shape index (κ2) is 5.67. The second-order valence-electron chi connectivity index (χ2n) is 5.54. The van der Waals surface area contributed by atoms with E-state index in [1.54, 1.807) is 13.0 Å². The lowest BCUT2D eigenvalue weighted by Crippen LogP contribution is -2.34. The maximum absolute atomic E-state index is 11.6. The van der Waals surface area contributed by atoms with E-state index in [9.17, 15) is 20.0 Å². The number of nitro groups is 1. The smallest absolute Gasteiger partial charge is 0.311 e. The third kappa shape index (κ3) is 2.81. The van der Waals surface area contributed by atoms with E-state index >= 15 is 0 Å². The lowest BCUT2D eigenvalue weighted by Gasteiger charge is -2.24. The number of aryl methyl sites for hydroxylation is 1. The molecule has 0 spiro atoms. The van der Waals surface area contributed by atoms with Gasteiger partial charge in [0.15, 0.2) is 0 Å². The number of carboxylic acid groups (broad SMARTS) is 1. The van der Waals surface area contributed by atoms with Crippen LogP contribution in [0.25, 0.3) is 0 Å². The molecule has 21 heavy (non-hydrogen) atoms. The van der Waals surface area contributed by atoms with Gasteiger partial charge in [0.25, 0.3) is 5.69 Å². The number of aromatic nitrogens is 1. The van der Waals surface area contributed by atoms with Crippen LogP contribution in [0.4, 0.5) is 11.5 Å². The molecular weight excluding hydrogens is 274 g/mol. The molecular formula is C14H19N3O4. The van der Waals surface area contributed by atoms with E-state index in [0.717, 1.165) is 6.42 Å². The van der Waals surface area contributed by atoms with E-state index in [0.29, 0.717) is 37.4 Å². The molecule has 0 aliphatic carbocycles. The molecule has 0 aromatic carbocycles. The monoisotopic (exact) mass is 293 g/mol. The van der Waals surface area contributed by atoms with E-state index in [4.69, 9.17) is 0 Å². The van der Waals surface area contributed by atoms with Crippen LogP contribution in [0.3, 0.4) is 0 Å². The Morgan fingerprint density at radius 3 is 2.81 bits per heavy atom. The molecule has 1 N–H and O–H groups in total. The van der Waals surface area contributed by atoms with Gasteiger partial charge in [-0.15, -0.1) is 0 Å². The van der Waals surface area contributed by atoms with Crippen molar-refractivity contribution in [2.24, 2.45) is 5.41 Å². The van der Waals surface area contributed by atoms with E-state index in [1.165, 1.54) is 6.07 Å². The predicted octanol–water partition coefficient (Wildman–Crippen LogP) is 2.38. The third-order valence-electron chi connectivity index (χ3n) is 4.10. The molecule has 2 rings (SSSR count). The molecule has 114 valence electrons. The zero-order valence-electron chi connectivity index (χ0n) is 12.2. The number of rotatable bonds is 5. The fourth-order valence-electron chi connectivity index (χ4n) is 2.94. The van der Waals surface area contributed by atoms with Crippen LogP contribution < -0.4 is 4.90 Å². The van der Waals surface area contributed by atoms with Crippen LogP contribution >= 0.6 is 0 Å². The van der Waals surface area contributed by atoms with Crippen LogP contribution in [0.5, 0.6) is 0 Å². The SMILES string of the molecule is CCCC1(C(=O)O)CCN(c2ccc([N+](=O)[O-])c(C)n2)C1. The van der Waals surface area contributed by atoms with Crippen molar-refractivity contribution in [3.8, 4) is 0 Å². The Morgan fingerprint density at radius 2 is 2.29 bits per heavy atom. The quantitative estimate of drug-likeness (QED) is 0.661. The van der Waals surface area contributed by atoms with Crippen molar-refractivity contribution in [3.05, 3.63) is 27.9 Å². The number of aliphatic carboxylic acids is 1. The molecule has 1 saturated heterocycles. The predicted molar refractivity (Wildman–Crippen MR) is 77.4 cm³/mol. The van der Waals surface area contributed by atoms with Gasteiger partial charge in [0, 0.05) is 19.2 Å². The zero-order valence-corrected chi connectivity index (χ0v) is 12.2. The number of anilines is 1. The van der Waals surface area contributed by atoms with Gasteiger partial charge in [-0.3, -0.25) is 14.9 Å². The largest absolute Gasteiger partial charge is 0.481 e. The number of nitrogens with zero attached hydrogens (tertiary/aromatic N) is 3. The highest BCUT2D eigenvalue weighted by Crippen LogP contribution is 2.37. The molecule has 1 unspecified atom stereocenters. The first-order valence-corrected chi connectivity index (χ1v) is 7.00. The summed E-state index contributed by atoms with van der Waals surface area (Å²) < 4.78 is 0. The number of carboxylic acids is 1. The highest BCUT2D eigenvalue weighted by molar-refractivity contribution is 5.76. The topological polar surface area (TPSA) is 96.6 Å². The van der Waals surface area contributed by atoms with Crippen LogP contribution in [0.1, 0.15) is 31.9 Å². The minimum Gasteiger partial charge on any atom is -0.481 e. The molecule has 0 saturated carbocycles. The first-order valence-electron chi connectivity index (χ1n) is 7.00. The summed E-state index contributed by atoms with van der Waals surface area (Å²) in [7, 11) is 0. The number of hydrogen-bond donors (Lipinski definition) is 1. The summed E-state index contributed by atoms with van der Waals surface area (Å²) in [5.41, 5.74) is -0.400. The van der Waals surface area contributed by atoms with E-state index in [1.807, 2.05) is 11.8 Å². The van der Waals surface area contributed by atoms with Crippen molar-refractivity contribution in [2.45, 2.75) is 33.1 Å². The molecule has 1 aliphatic rings. The summed E-state index contributed by atoms with van der Waals surface area (Å²) in [4.78, 5) is 28.1. The summed E-state index contributed by atoms with van der Waals surface area (Å²) in [6.07, 6.45) is 2.02. The number of hydrogen-bond acceptors (Lipinski definition) is 5. The van der Waals surface area contributed by atoms with E-state index < -0.39 is 16.3 Å². The Balaban J connectivity index is 2.23. The Kier molecular flexibility index (Phi) is 4.11. The van der Waals surface area contributed by atoms with Gasteiger partial charge in [-0.05, 0) is 25.8 Å². The third-order valence-corrected chi connectivity index (χ3v) is 4.10. The molecule has 2 heterocycles. The normalized spacial score (nSPS) is 21.5. The summed E-state index contributed by atoms with van der Waals surface area (Å²) in [5.74, 6) is -0.164. The molecule has 1 atom stereocenters. The summed E-state index contributed by atoms with van der Waals surface area (Å²) in [6, 6.07) is 3.02. The van der Waals surface area contributed by atoms with Gasteiger partial charge in [0.05, 0.1) is 10.3 Å². The molecule has 1 aliphatic heterocycles. The Morgan fingerprint density at radius 1 is 1.57 bits per heavy atom. The van der Waals surface area contributed by atoms with Gasteiger partial charge in [-0.25, -0.2) is 4.98 Å². The van der Waals surface area contributed by atoms with Gasteiger partial charge in [-0.1, -0.05) is 13.3 Å². The van der Waals surface area contributed by atoms with Gasteiger partial charge in [0.2, 0.25) is 0 Å². The number of carbonyl (C=O) groups is 1. The molecule has 0 bridgehead atoms. The van der Waals surface area contributed by atoms with Gasteiger partial charge < -0.3 is 10.0 Å². The van der Waals surface area contributed by atoms with Crippen LogP contribution in [-0.2, 0) is 4.79 Å². The van der Waals surface area contributed by atoms with Crippen LogP contribution in [-0.4, -0.2) is 34.1 Å². The highest BCUT2D eigenvalue weighted by atomic mass is 16.6. The Labute approximate surface area is 122 Å². The minimum absolute atomic E-state index is 0.0176. The van der Waals surface area contributed by atoms with Crippen molar-refractivity contribution in [1.29, 1.82) is 0 Å². The molecule has 1 aromatic heterocycles. The average Bonchev–Trinajstić information content (AvgIpc) is 2.84. The summed E-state index contributed by atoms with van der Waals surface area (Å²) in [5, 5.41) is 20.3. The summed E-state index contributed by atoms with van der Waals surface area (Å²) >= 11 is 0. The van der Waals surface area contributed by atoms with Crippen LogP contribution in [0, 0.1) is 22.5 Å². The summed E-state index contributed by atoms with van der Waals surface area (Å²) in [6.45, 7) is 4.58. The maximum atomic E-state index is 11.6. The second-order valence-corrected chi connectivity index (χ2v) is 5.54. The number of pyridine rings is 1. The highest BCUT2D eigenvalue weighted by Gasteiger charge is 2.44. The van der Waals surface area contributed by atoms with E-state index in [-0.39, 0.29) is 5.69 Å². The first kappa shape index (κ1) is 15.2. The van der Waals surface area contributed by atoms with Crippen LogP contribution in [0.2, 0.25) is 0 Å². The van der Waals surface area contributed by atoms with Crippen LogP contribution in [0.15, 0.2) is 12.1 Å². The Bertz CT molecular complexity index is 575.